The highest BCUT2D eigenvalue weighted by atomic mass is 35.5. The van der Waals surface area contributed by atoms with Gasteiger partial charge < -0.3 is 9.84 Å². The Bertz CT molecular complexity index is 963. The maximum absolute atomic E-state index is 13.1. The lowest BCUT2D eigenvalue weighted by molar-refractivity contribution is 0.377. The molecule has 1 aromatic heterocycles. The first-order chi connectivity index (χ1) is 11.4. The summed E-state index contributed by atoms with van der Waals surface area (Å²) in [6.45, 7) is 3.91. The van der Waals surface area contributed by atoms with Gasteiger partial charge in [0.2, 0.25) is 0 Å². The molecule has 0 bridgehead atoms. The lowest BCUT2D eigenvalue weighted by atomic mass is 10.1. The van der Waals surface area contributed by atoms with E-state index in [2.05, 4.69) is 4.98 Å². The van der Waals surface area contributed by atoms with Crippen molar-refractivity contribution in [1.82, 2.24) is 9.55 Å². The van der Waals surface area contributed by atoms with Crippen LogP contribution < -0.4 is 10.3 Å². The number of aromatic nitrogens is 2. The zero-order chi connectivity index (χ0) is 17.4. The highest BCUT2D eigenvalue weighted by Crippen LogP contribution is 2.33. The SMILES string of the molecule is COc1c(O)ccc2c(=O)n(-c3ccc(Cl)cc3)c(C(C)C)nc12. The lowest BCUT2D eigenvalue weighted by Gasteiger charge is -2.17. The second-order valence-corrected chi connectivity index (χ2v) is 6.19. The van der Waals surface area contributed by atoms with Gasteiger partial charge in [0.05, 0.1) is 18.2 Å². The Hall–Kier alpha value is -2.53. The van der Waals surface area contributed by atoms with Crippen LogP contribution >= 0.6 is 11.6 Å². The lowest BCUT2D eigenvalue weighted by Crippen LogP contribution is -2.24. The van der Waals surface area contributed by atoms with Crippen LogP contribution in [0.4, 0.5) is 0 Å². The monoisotopic (exact) mass is 344 g/mol. The predicted molar refractivity (Wildman–Crippen MR) is 94.7 cm³/mol. The number of methoxy groups -OCH3 is 1. The van der Waals surface area contributed by atoms with E-state index in [1.54, 1.807) is 34.9 Å². The topological polar surface area (TPSA) is 64.3 Å². The number of hydrogen-bond acceptors (Lipinski definition) is 4. The molecular formula is C18H17ClN2O3. The average Bonchev–Trinajstić information content (AvgIpc) is 2.55. The number of rotatable bonds is 3. The summed E-state index contributed by atoms with van der Waals surface area (Å²) < 4.78 is 6.80. The number of nitrogens with zero attached hydrogens (tertiary/aromatic N) is 2. The van der Waals surface area contributed by atoms with Crippen molar-refractivity contribution in [3.63, 3.8) is 0 Å². The molecule has 24 heavy (non-hydrogen) atoms. The fraction of sp³-hybridized carbons (Fsp3) is 0.222. The maximum atomic E-state index is 13.1. The van der Waals surface area contributed by atoms with Gasteiger partial charge >= 0.3 is 0 Å². The van der Waals surface area contributed by atoms with E-state index < -0.39 is 0 Å². The molecular weight excluding hydrogens is 328 g/mol. The molecule has 0 atom stereocenters. The Morgan fingerprint density at radius 3 is 2.42 bits per heavy atom. The summed E-state index contributed by atoms with van der Waals surface area (Å²) in [5.74, 6) is 0.731. The first-order valence-electron chi connectivity index (χ1n) is 7.52. The van der Waals surface area contributed by atoms with Gasteiger partial charge in [-0.2, -0.15) is 0 Å². The van der Waals surface area contributed by atoms with Crippen LogP contribution in [0.5, 0.6) is 11.5 Å². The van der Waals surface area contributed by atoms with E-state index in [-0.39, 0.29) is 23.0 Å². The van der Waals surface area contributed by atoms with Crippen molar-refractivity contribution in [3.05, 3.63) is 57.6 Å². The summed E-state index contributed by atoms with van der Waals surface area (Å²) in [5, 5.41) is 10.9. The Morgan fingerprint density at radius 1 is 1.17 bits per heavy atom. The second-order valence-electron chi connectivity index (χ2n) is 5.76. The number of halogens is 1. The van der Waals surface area contributed by atoms with E-state index in [4.69, 9.17) is 16.3 Å². The summed E-state index contributed by atoms with van der Waals surface area (Å²) in [6, 6.07) is 10.0. The van der Waals surface area contributed by atoms with Crippen LogP contribution in [-0.2, 0) is 0 Å². The fourth-order valence-corrected chi connectivity index (χ4v) is 2.79. The standard InChI is InChI=1S/C18H17ClN2O3/c1-10(2)17-20-15-13(8-9-14(22)16(15)24-3)18(23)21(17)12-6-4-11(19)5-7-12/h4-10,22H,1-3H3. The van der Waals surface area contributed by atoms with E-state index in [9.17, 15) is 9.90 Å². The Kier molecular flexibility index (Phi) is 4.20. The van der Waals surface area contributed by atoms with Crippen LogP contribution in [0.1, 0.15) is 25.6 Å². The number of aromatic hydroxyl groups is 1. The van der Waals surface area contributed by atoms with Gasteiger partial charge in [0.1, 0.15) is 11.3 Å². The molecule has 0 amide bonds. The summed E-state index contributed by atoms with van der Waals surface area (Å²) >= 11 is 5.95. The molecule has 124 valence electrons. The molecule has 5 nitrogen and oxygen atoms in total. The molecule has 1 heterocycles. The van der Waals surface area contributed by atoms with E-state index in [1.807, 2.05) is 13.8 Å². The Balaban J connectivity index is 2.43. The van der Waals surface area contributed by atoms with Gasteiger partial charge in [-0.15, -0.1) is 0 Å². The van der Waals surface area contributed by atoms with Crippen molar-refractivity contribution in [3.8, 4) is 17.2 Å². The van der Waals surface area contributed by atoms with Crippen LogP contribution in [0.2, 0.25) is 5.02 Å². The molecule has 0 fully saturated rings. The second kappa shape index (κ2) is 6.17. The summed E-state index contributed by atoms with van der Waals surface area (Å²) in [5.41, 5.74) is 0.829. The van der Waals surface area contributed by atoms with Gasteiger partial charge in [-0.25, -0.2) is 4.98 Å². The maximum Gasteiger partial charge on any atom is 0.266 e. The number of benzene rings is 2. The molecule has 2 aromatic carbocycles. The van der Waals surface area contributed by atoms with E-state index >= 15 is 0 Å². The highest BCUT2D eigenvalue weighted by Gasteiger charge is 2.19. The van der Waals surface area contributed by atoms with Crippen molar-refractivity contribution in [1.29, 1.82) is 0 Å². The Labute approximate surface area is 144 Å². The van der Waals surface area contributed by atoms with Crippen LogP contribution in [0.3, 0.4) is 0 Å². The third-order valence-corrected chi connectivity index (χ3v) is 4.06. The summed E-state index contributed by atoms with van der Waals surface area (Å²) in [6.07, 6.45) is 0. The molecule has 6 heteroatoms. The minimum Gasteiger partial charge on any atom is -0.504 e. The number of fused-ring (bicyclic) bond motifs is 1. The summed E-state index contributed by atoms with van der Waals surface area (Å²) in [4.78, 5) is 17.7. The predicted octanol–water partition coefficient (Wildman–Crippen LogP) is 3.88. The smallest absolute Gasteiger partial charge is 0.266 e. The molecule has 0 saturated heterocycles. The van der Waals surface area contributed by atoms with Crippen LogP contribution in [0.25, 0.3) is 16.6 Å². The molecule has 0 saturated carbocycles. The largest absolute Gasteiger partial charge is 0.504 e. The van der Waals surface area contributed by atoms with Crippen LogP contribution in [-0.4, -0.2) is 21.8 Å². The molecule has 3 aromatic rings. The number of phenolic OH excluding ortho intramolecular Hbond substituents is 1. The van der Waals surface area contributed by atoms with Crippen molar-refractivity contribution in [2.24, 2.45) is 0 Å². The van der Waals surface area contributed by atoms with Gasteiger partial charge in [0, 0.05) is 10.9 Å². The first-order valence-corrected chi connectivity index (χ1v) is 7.90. The third kappa shape index (κ3) is 2.61. The number of hydrogen-bond donors (Lipinski definition) is 1. The number of phenols is 1. The van der Waals surface area contributed by atoms with E-state index in [1.165, 1.54) is 13.2 Å². The van der Waals surface area contributed by atoms with Gasteiger partial charge in [-0.05, 0) is 36.4 Å². The minimum atomic E-state index is -0.218. The third-order valence-electron chi connectivity index (χ3n) is 3.81. The van der Waals surface area contributed by atoms with Gasteiger partial charge in [0.15, 0.2) is 11.5 Å². The van der Waals surface area contributed by atoms with Crippen LogP contribution in [0, 0.1) is 0 Å². The van der Waals surface area contributed by atoms with Crippen LogP contribution in [0.15, 0.2) is 41.2 Å². The number of ether oxygens (including phenoxy) is 1. The Morgan fingerprint density at radius 2 is 1.83 bits per heavy atom. The normalized spacial score (nSPS) is 11.2. The van der Waals surface area contributed by atoms with E-state index in [0.717, 1.165) is 0 Å². The zero-order valence-electron chi connectivity index (χ0n) is 13.6. The quantitative estimate of drug-likeness (QED) is 0.783. The van der Waals surface area contributed by atoms with Gasteiger partial charge in [-0.1, -0.05) is 25.4 Å². The van der Waals surface area contributed by atoms with Gasteiger partial charge in [0.25, 0.3) is 5.56 Å². The van der Waals surface area contributed by atoms with Gasteiger partial charge in [-0.3, -0.25) is 9.36 Å². The molecule has 0 spiro atoms. The van der Waals surface area contributed by atoms with Crippen molar-refractivity contribution in [2.75, 3.05) is 7.11 Å². The molecule has 0 radical (unpaired) electrons. The fourth-order valence-electron chi connectivity index (χ4n) is 2.66. The van der Waals surface area contributed by atoms with E-state index in [0.29, 0.717) is 27.4 Å². The first kappa shape index (κ1) is 16.3. The average molecular weight is 345 g/mol. The molecule has 1 N–H and O–H groups in total. The minimum absolute atomic E-state index is 0.00941. The molecule has 3 rings (SSSR count). The van der Waals surface area contributed by atoms with Crippen molar-refractivity contribution >= 4 is 22.5 Å². The molecule has 0 aliphatic carbocycles. The summed E-state index contributed by atoms with van der Waals surface area (Å²) in [7, 11) is 1.44. The van der Waals surface area contributed by atoms with Crippen molar-refractivity contribution < 1.29 is 9.84 Å². The molecule has 0 unspecified atom stereocenters. The van der Waals surface area contributed by atoms with Crippen molar-refractivity contribution in [2.45, 2.75) is 19.8 Å². The highest BCUT2D eigenvalue weighted by molar-refractivity contribution is 6.30. The zero-order valence-corrected chi connectivity index (χ0v) is 14.3. The molecule has 0 aliphatic heterocycles. The molecule has 0 aliphatic rings.